The predicted octanol–water partition coefficient (Wildman–Crippen LogP) is 4.79. The highest BCUT2D eigenvalue weighted by Gasteiger charge is 2.19. The van der Waals surface area contributed by atoms with E-state index >= 15 is 0 Å². The van der Waals surface area contributed by atoms with Gasteiger partial charge in [0.2, 0.25) is 10.0 Å². The first-order valence-corrected chi connectivity index (χ1v) is 11.6. The largest absolute Gasteiger partial charge is 0.298 e. The second-order valence-electron chi connectivity index (χ2n) is 6.89. The molecule has 1 aromatic heterocycles. The van der Waals surface area contributed by atoms with Crippen molar-refractivity contribution in [3.63, 3.8) is 0 Å². The van der Waals surface area contributed by atoms with Crippen molar-refractivity contribution in [2.75, 3.05) is 5.32 Å². The summed E-state index contributed by atoms with van der Waals surface area (Å²) in [5, 5.41) is 7.76. The van der Waals surface area contributed by atoms with E-state index in [1.54, 1.807) is 0 Å². The van der Waals surface area contributed by atoms with E-state index in [9.17, 15) is 26.4 Å². The van der Waals surface area contributed by atoms with Gasteiger partial charge in [0.25, 0.3) is 5.91 Å². The molecule has 0 spiro atoms. The molecular weight excluding hydrogens is 475 g/mol. The van der Waals surface area contributed by atoms with Gasteiger partial charge in [-0.25, -0.2) is 31.7 Å². The van der Waals surface area contributed by atoms with Gasteiger partial charge >= 0.3 is 0 Å². The van der Waals surface area contributed by atoms with Crippen LogP contribution in [0.3, 0.4) is 0 Å². The lowest BCUT2D eigenvalue weighted by atomic mass is 10.1. The van der Waals surface area contributed by atoms with Crippen molar-refractivity contribution < 1.29 is 26.4 Å². The minimum Gasteiger partial charge on any atom is -0.298 e. The highest BCUT2D eigenvalue weighted by Crippen LogP contribution is 2.39. The predicted molar refractivity (Wildman–Crippen MR) is 119 cm³/mol. The Hall–Kier alpha value is -3.54. The molecule has 3 N–H and O–H groups in total. The van der Waals surface area contributed by atoms with Crippen molar-refractivity contribution in [3.8, 4) is 21.7 Å². The molecule has 168 valence electrons. The molecule has 0 aliphatic rings. The number of thiazole rings is 1. The van der Waals surface area contributed by atoms with Crippen molar-refractivity contribution in [2.45, 2.75) is 4.90 Å². The number of nitrogens with zero attached hydrogens (tertiary/aromatic N) is 1. The van der Waals surface area contributed by atoms with Gasteiger partial charge in [-0.15, -0.1) is 0 Å². The lowest BCUT2D eigenvalue weighted by molar-refractivity contribution is 0.102. The molecule has 0 unspecified atom stereocenters. The Morgan fingerprint density at radius 3 is 2.00 bits per heavy atom. The number of primary sulfonamides is 1. The third-order valence-electron chi connectivity index (χ3n) is 4.54. The first kappa shape index (κ1) is 22.6. The zero-order valence-corrected chi connectivity index (χ0v) is 18.2. The summed E-state index contributed by atoms with van der Waals surface area (Å²) >= 11 is 1.06. The number of nitrogens with two attached hydrogens (primary N) is 1. The van der Waals surface area contributed by atoms with Crippen LogP contribution in [0, 0.1) is 17.5 Å². The number of benzene rings is 3. The molecule has 11 heteroatoms. The van der Waals surface area contributed by atoms with Crippen molar-refractivity contribution in [2.24, 2.45) is 5.14 Å². The maximum atomic E-state index is 13.5. The van der Waals surface area contributed by atoms with Crippen LogP contribution in [-0.4, -0.2) is 19.3 Å². The Bertz CT molecular complexity index is 1430. The van der Waals surface area contributed by atoms with Crippen LogP contribution in [-0.2, 0) is 10.0 Å². The van der Waals surface area contributed by atoms with Gasteiger partial charge in [0.1, 0.15) is 17.5 Å². The molecule has 1 amide bonds. The maximum Gasteiger partial charge on any atom is 0.257 e. The van der Waals surface area contributed by atoms with Gasteiger partial charge in [0.15, 0.2) is 5.13 Å². The Kier molecular flexibility index (Phi) is 6.02. The third-order valence-corrected chi connectivity index (χ3v) is 6.48. The van der Waals surface area contributed by atoms with E-state index in [1.165, 1.54) is 48.5 Å². The molecule has 3 aromatic carbocycles. The number of carbonyl (C=O) groups excluding carboxylic acids is 1. The van der Waals surface area contributed by atoms with Crippen molar-refractivity contribution in [1.82, 2.24) is 4.98 Å². The molecule has 6 nitrogen and oxygen atoms in total. The summed E-state index contributed by atoms with van der Waals surface area (Å²) in [6, 6.07) is 13.6. The zero-order chi connectivity index (χ0) is 23.8. The van der Waals surface area contributed by atoms with Gasteiger partial charge in [-0.05, 0) is 42.0 Å². The smallest absolute Gasteiger partial charge is 0.257 e. The maximum absolute atomic E-state index is 13.5. The number of sulfonamides is 1. The normalized spacial score (nSPS) is 11.4. The van der Waals surface area contributed by atoms with Gasteiger partial charge in [-0.2, -0.15) is 0 Å². The zero-order valence-electron chi connectivity index (χ0n) is 16.6. The lowest BCUT2D eigenvalue weighted by Crippen LogP contribution is -2.12. The lowest BCUT2D eigenvalue weighted by Gasteiger charge is -2.04. The number of anilines is 1. The summed E-state index contributed by atoms with van der Waals surface area (Å²) in [6.45, 7) is 0. The molecule has 0 fully saturated rings. The molecule has 0 saturated heterocycles. The topological polar surface area (TPSA) is 102 Å². The summed E-state index contributed by atoms with van der Waals surface area (Å²) in [5.41, 5.74) is 1.25. The van der Waals surface area contributed by atoms with E-state index in [2.05, 4.69) is 10.3 Å². The van der Waals surface area contributed by atoms with Crippen LogP contribution in [0.5, 0.6) is 0 Å². The Morgan fingerprint density at radius 1 is 0.848 bits per heavy atom. The average Bonchev–Trinajstić information content (AvgIpc) is 3.16. The van der Waals surface area contributed by atoms with E-state index in [0.717, 1.165) is 23.5 Å². The monoisotopic (exact) mass is 489 g/mol. The molecular formula is C22H14F3N3O3S2. The highest BCUT2D eigenvalue weighted by atomic mass is 32.2. The number of nitrogens with one attached hydrogen (secondary N) is 1. The molecule has 1 heterocycles. The van der Waals surface area contributed by atoms with Gasteiger partial charge in [0, 0.05) is 17.2 Å². The Balaban J connectivity index is 1.75. The molecule has 33 heavy (non-hydrogen) atoms. The van der Waals surface area contributed by atoms with E-state index in [-0.39, 0.29) is 15.6 Å². The van der Waals surface area contributed by atoms with Crippen molar-refractivity contribution in [1.29, 1.82) is 0 Å². The van der Waals surface area contributed by atoms with Gasteiger partial charge in [-0.1, -0.05) is 35.6 Å². The molecule has 0 saturated carbocycles. The number of carbonyl (C=O) groups is 1. The van der Waals surface area contributed by atoms with Crippen LogP contribution >= 0.6 is 11.3 Å². The first-order chi connectivity index (χ1) is 15.6. The van der Waals surface area contributed by atoms with Crippen LogP contribution < -0.4 is 10.5 Å². The van der Waals surface area contributed by atoms with E-state index in [0.29, 0.717) is 27.8 Å². The number of hydrogen-bond acceptors (Lipinski definition) is 5. The molecule has 4 aromatic rings. The number of amides is 1. The van der Waals surface area contributed by atoms with Gasteiger partial charge in [-0.3, -0.25) is 10.1 Å². The second kappa shape index (κ2) is 8.77. The van der Waals surface area contributed by atoms with Gasteiger partial charge < -0.3 is 0 Å². The fourth-order valence-electron chi connectivity index (χ4n) is 3.02. The average molecular weight is 490 g/mol. The van der Waals surface area contributed by atoms with Crippen LogP contribution in [0.2, 0.25) is 0 Å². The summed E-state index contributed by atoms with van der Waals surface area (Å²) < 4.78 is 63.4. The van der Waals surface area contributed by atoms with Crippen LogP contribution in [0.25, 0.3) is 21.7 Å². The molecule has 0 radical (unpaired) electrons. The number of rotatable bonds is 5. The van der Waals surface area contributed by atoms with E-state index in [4.69, 9.17) is 5.14 Å². The fraction of sp³-hybridized carbons (Fsp3) is 0. The van der Waals surface area contributed by atoms with E-state index < -0.39 is 33.4 Å². The Labute approximate surface area is 190 Å². The van der Waals surface area contributed by atoms with Crippen LogP contribution in [0.1, 0.15) is 10.4 Å². The van der Waals surface area contributed by atoms with Crippen LogP contribution in [0.15, 0.2) is 71.6 Å². The number of aromatic nitrogens is 1. The molecule has 0 aliphatic carbocycles. The molecule has 4 rings (SSSR count). The highest BCUT2D eigenvalue weighted by molar-refractivity contribution is 7.89. The SMILES string of the molecule is NS(=O)(=O)c1ccc(-c2nc(NC(=O)c3cc(F)cc(F)c3)sc2-c2ccc(F)cc2)cc1. The fourth-order valence-corrected chi connectivity index (χ4v) is 4.53. The molecule has 0 bridgehead atoms. The minimum absolute atomic E-state index is 0.0912. The summed E-state index contributed by atoms with van der Waals surface area (Å²) in [5.74, 6) is -3.02. The van der Waals surface area contributed by atoms with Gasteiger partial charge in [0.05, 0.1) is 15.5 Å². The second-order valence-corrected chi connectivity index (χ2v) is 9.45. The third kappa shape index (κ3) is 5.11. The first-order valence-electron chi connectivity index (χ1n) is 9.27. The molecule has 0 aliphatic heterocycles. The number of hydrogen-bond donors (Lipinski definition) is 2. The van der Waals surface area contributed by atoms with E-state index in [1.807, 2.05) is 0 Å². The van der Waals surface area contributed by atoms with Crippen molar-refractivity contribution >= 4 is 32.4 Å². The number of halogens is 3. The summed E-state index contributed by atoms with van der Waals surface area (Å²) in [7, 11) is -3.89. The minimum atomic E-state index is -3.89. The van der Waals surface area contributed by atoms with Crippen LogP contribution in [0.4, 0.5) is 18.3 Å². The Morgan fingerprint density at radius 2 is 1.42 bits per heavy atom. The quantitative estimate of drug-likeness (QED) is 0.421. The summed E-state index contributed by atoms with van der Waals surface area (Å²) in [4.78, 5) is 17.4. The standard InChI is InChI=1S/C22H14F3N3O3S2/c23-15-5-1-13(2-6-15)20-19(12-3-7-18(8-4-12)33(26,30)31)27-22(32-20)28-21(29)14-9-16(24)11-17(25)10-14/h1-11H,(H2,26,30,31)(H,27,28,29). The van der Waals surface area contributed by atoms with Crippen molar-refractivity contribution in [3.05, 3.63) is 89.7 Å². The molecule has 0 atom stereocenters. The summed E-state index contributed by atoms with van der Waals surface area (Å²) in [6.07, 6.45) is 0.